The van der Waals surface area contributed by atoms with Crippen molar-refractivity contribution in [3.05, 3.63) is 16.3 Å². The quantitative estimate of drug-likeness (QED) is 0.739. The van der Waals surface area contributed by atoms with Gasteiger partial charge in [-0.25, -0.2) is 4.79 Å². The zero-order valence-corrected chi connectivity index (χ0v) is 12.7. The van der Waals surface area contributed by atoms with Gasteiger partial charge < -0.3 is 15.2 Å². The minimum absolute atomic E-state index is 0.00266. The number of anilines is 1. The van der Waals surface area contributed by atoms with Crippen molar-refractivity contribution >= 4 is 28.9 Å². The fourth-order valence-corrected chi connectivity index (χ4v) is 2.45. The van der Waals surface area contributed by atoms with E-state index in [1.165, 1.54) is 18.4 Å². The molecule has 0 spiro atoms. The first-order valence-corrected chi connectivity index (χ1v) is 7.18. The normalized spacial score (nSPS) is 10.9. The lowest BCUT2D eigenvalue weighted by Crippen LogP contribution is -2.39. The molecular weight excluding hydrogens is 280 g/mol. The largest absolute Gasteiger partial charge is 0.465 e. The van der Waals surface area contributed by atoms with Crippen LogP contribution in [0.1, 0.15) is 23.5 Å². The highest BCUT2D eigenvalue weighted by molar-refractivity contribution is 7.12. The molecule has 0 saturated heterocycles. The monoisotopic (exact) mass is 300 g/mol. The lowest BCUT2D eigenvalue weighted by atomic mass is 10.3. The number of carbonyl (C=O) groups excluding carboxylic acids is 2. The molecule has 6 nitrogen and oxygen atoms in total. The van der Waals surface area contributed by atoms with E-state index in [9.17, 15) is 9.59 Å². The third kappa shape index (κ3) is 4.59. The van der Waals surface area contributed by atoms with Gasteiger partial charge in [0.1, 0.15) is 4.88 Å². The lowest BCUT2D eigenvalue weighted by Gasteiger charge is -2.24. The molecular formula is C13H20N2O4S. The van der Waals surface area contributed by atoms with Crippen molar-refractivity contribution in [2.24, 2.45) is 0 Å². The van der Waals surface area contributed by atoms with E-state index in [2.05, 4.69) is 10.1 Å². The van der Waals surface area contributed by atoms with Crippen LogP contribution in [0.2, 0.25) is 0 Å². The Morgan fingerprint density at radius 2 is 2.20 bits per heavy atom. The van der Waals surface area contributed by atoms with Crippen molar-refractivity contribution in [2.45, 2.75) is 19.9 Å². The van der Waals surface area contributed by atoms with Gasteiger partial charge in [-0.1, -0.05) is 0 Å². The number of carbonyl (C=O) groups is 2. The molecule has 1 aromatic rings. The molecule has 1 amide bonds. The van der Waals surface area contributed by atoms with Crippen LogP contribution in [0.5, 0.6) is 0 Å². The zero-order chi connectivity index (χ0) is 15.1. The number of methoxy groups -OCH3 is 1. The molecule has 0 atom stereocenters. The summed E-state index contributed by atoms with van der Waals surface area (Å²) in [6.07, 6.45) is 0. The van der Waals surface area contributed by atoms with Gasteiger partial charge >= 0.3 is 5.97 Å². The number of rotatable bonds is 7. The summed E-state index contributed by atoms with van der Waals surface area (Å²) in [6.45, 7) is 4.49. The SMILES string of the molecule is COC(=O)c1sccc1NC(=O)CN(CCO)C(C)C. The Bertz CT molecular complexity index is 459. The number of hydrogen-bond acceptors (Lipinski definition) is 6. The van der Waals surface area contributed by atoms with Crippen LogP contribution in [-0.2, 0) is 9.53 Å². The van der Waals surface area contributed by atoms with E-state index in [1.54, 1.807) is 11.4 Å². The summed E-state index contributed by atoms with van der Waals surface area (Å²) in [5.41, 5.74) is 0.458. The van der Waals surface area contributed by atoms with Gasteiger partial charge in [-0.15, -0.1) is 11.3 Å². The van der Waals surface area contributed by atoms with E-state index in [-0.39, 0.29) is 25.1 Å². The molecule has 2 N–H and O–H groups in total. The molecule has 0 aliphatic rings. The van der Waals surface area contributed by atoms with Gasteiger partial charge in [0.25, 0.3) is 0 Å². The van der Waals surface area contributed by atoms with Crippen molar-refractivity contribution in [3.63, 3.8) is 0 Å². The third-order valence-electron chi connectivity index (χ3n) is 2.77. The Morgan fingerprint density at radius 1 is 1.50 bits per heavy atom. The molecule has 1 aromatic heterocycles. The highest BCUT2D eigenvalue weighted by atomic mass is 32.1. The van der Waals surface area contributed by atoms with Gasteiger partial charge in [0.15, 0.2) is 0 Å². The average Bonchev–Trinajstić information content (AvgIpc) is 2.85. The number of esters is 1. The van der Waals surface area contributed by atoms with E-state index in [0.29, 0.717) is 17.1 Å². The summed E-state index contributed by atoms with van der Waals surface area (Å²) in [7, 11) is 1.30. The average molecular weight is 300 g/mol. The molecule has 112 valence electrons. The third-order valence-corrected chi connectivity index (χ3v) is 3.67. The van der Waals surface area contributed by atoms with Gasteiger partial charge in [-0.3, -0.25) is 9.69 Å². The predicted molar refractivity (Wildman–Crippen MR) is 78.1 cm³/mol. The second-order valence-corrected chi connectivity index (χ2v) is 5.41. The molecule has 0 aliphatic carbocycles. The van der Waals surface area contributed by atoms with Crippen LogP contribution in [0.4, 0.5) is 5.69 Å². The van der Waals surface area contributed by atoms with Crippen LogP contribution in [0.25, 0.3) is 0 Å². The van der Waals surface area contributed by atoms with Crippen molar-refractivity contribution in [1.29, 1.82) is 0 Å². The maximum atomic E-state index is 12.0. The molecule has 7 heteroatoms. The first kappa shape index (κ1) is 16.6. The van der Waals surface area contributed by atoms with Gasteiger partial charge in [0.2, 0.25) is 5.91 Å². The highest BCUT2D eigenvalue weighted by Crippen LogP contribution is 2.23. The molecule has 1 heterocycles. The predicted octanol–water partition coefficient (Wildman–Crippen LogP) is 1.18. The highest BCUT2D eigenvalue weighted by Gasteiger charge is 2.18. The van der Waals surface area contributed by atoms with Crippen LogP contribution in [0, 0.1) is 0 Å². The summed E-state index contributed by atoms with van der Waals surface area (Å²) in [4.78, 5) is 25.7. The number of ether oxygens (including phenoxy) is 1. The topological polar surface area (TPSA) is 78.9 Å². The van der Waals surface area contributed by atoms with Gasteiger partial charge in [0, 0.05) is 12.6 Å². The molecule has 1 rings (SSSR count). The summed E-state index contributed by atoms with van der Waals surface area (Å²) in [6, 6.07) is 1.82. The molecule has 0 fully saturated rings. The molecule has 0 unspecified atom stereocenters. The number of amides is 1. The second-order valence-electron chi connectivity index (χ2n) is 4.49. The Labute approximate surface area is 122 Å². The van der Waals surface area contributed by atoms with E-state index in [1.807, 2.05) is 18.7 Å². The number of nitrogens with one attached hydrogen (secondary N) is 1. The maximum Gasteiger partial charge on any atom is 0.350 e. The maximum absolute atomic E-state index is 12.0. The van der Waals surface area contributed by atoms with Crippen LogP contribution in [-0.4, -0.2) is 54.7 Å². The first-order chi connectivity index (χ1) is 9.49. The van der Waals surface area contributed by atoms with Crippen molar-refractivity contribution in [2.75, 3.05) is 32.1 Å². The molecule has 0 saturated carbocycles. The van der Waals surface area contributed by atoms with Crippen LogP contribution in [0.15, 0.2) is 11.4 Å². The van der Waals surface area contributed by atoms with E-state index in [0.717, 1.165) is 0 Å². The summed E-state index contributed by atoms with van der Waals surface area (Å²) in [5, 5.41) is 13.4. The minimum Gasteiger partial charge on any atom is -0.465 e. The first-order valence-electron chi connectivity index (χ1n) is 6.30. The summed E-state index contributed by atoms with van der Waals surface area (Å²) in [5.74, 6) is -0.693. The molecule has 0 aliphatic heterocycles. The van der Waals surface area contributed by atoms with Crippen LogP contribution >= 0.6 is 11.3 Å². The van der Waals surface area contributed by atoms with E-state index >= 15 is 0 Å². The molecule has 0 aromatic carbocycles. The van der Waals surface area contributed by atoms with Crippen LogP contribution in [0.3, 0.4) is 0 Å². The Morgan fingerprint density at radius 3 is 2.75 bits per heavy atom. The Balaban J connectivity index is 2.66. The van der Waals surface area contributed by atoms with Crippen molar-refractivity contribution < 1.29 is 19.4 Å². The van der Waals surface area contributed by atoms with Gasteiger partial charge in [-0.2, -0.15) is 0 Å². The number of aliphatic hydroxyl groups is 1. The minimum atomic E-state index is -0.466. The van der Waals surface area contributed by atoms with E-state index < -0.39 is 5.97 Å². The number of thiophene rings is 1. The molecule has 0 bridgehead atoms. The standard InChI is InChI=1S/C13H20N2O4S/c1-9(2)15(5-6-16)8-11(17)14-10-4-7-20-12(10)13(18)19-3/h4,7,9,16H,5-6,8H2,1-3H3,(H,14,17). The van der Waals surface area contributed by atoms with Crippen molar-refractivity contribution in [1.82, 2.24) is 4.90 Å². The number of aliphatic hydroxyl groups excluding tert-OH is 1. The lowest BCUT2D eigenvalue weighted by molar-refractivity contribution is -0.117. The number of hydrogen-bond donors (Lipinski definition) is 2. The van der Waals surface area contributed by atoms with Crippen LogP contribution < -0.4 is 5.32 Å². The summed E-state index contributed by atoms with van der Waals surface area (Å²) < 4.78 is 4.65. The fraction of sp³-hybridized carbons (Fsp3) is 0.538. The zero-order valence-electron chi connectivity index (χ0n) is 11.9. The molecule has 20 heavy (non-hydrogen) atoms. The second kappa shape index (κ2) is 7.98. The Hall–Kier alpha value is -1.44. The molecule has 0 radical (unpaired) electrons. The summed E-state index contributed by atoms with van der Waals surface area (Å²) >= 11 is 1.22. The smallest absolute Gasteiger partial charge is 0.350 e. The number of nitrogens with zero attached hydrogens (tertiary/aromatic N) is 1. The van der Waals surface area contributed by atoms with Gasteiger partial charge in [-0.05, 0) is 25.3 Å². The fourth-order valence-electron chi connectivity index (χ4n) is 1.68. The van der Waals surface area contributed by atoms with Crippen molar-refractivity contribution in [3.8, 4) is 0 Å². The van der Waals surface area contributed by atoms with Gasteiger partial charge in [0.05, 0.1) is 25.9 Å². The Kier molecular flexibility index (Phi) is 6.63. The van der Waals surface area contributed by atoms with E-state index in [4.69, 9.17) is 5.11 Å².